The lowest BCUT2D eigenvalue weighted by Gasteiger charge is -2.07. The molecule has 3 aromatic rings. The van der Waals surface area contributed by atoms with Gasteiger partial charge in [0.25, 0.3) is 0 Å². The quantitative estimate of drug-likeness (QED) is 0.162. The fourth-order valence-corrected chi connectivity index (χ4v) is 4.22. The summed E-state index contributed by atoms with van der Waals surface area (Å²) in [4.78, 5) is 28.8. The van der Waals surface area contributed by atoms with E-state index in [1.165, 1.54) is 51.4 Å². The molecular weight excluding hydrogens is 454 g/mol. The number of hydrogen-bond donors (Lipinski definition) is 2. The van der Waals surface area contributed by atoms with Crippen LogP contribution in [0.5, 0.6) is 0 Å². The molecule has 2 N–H and O–H groups in total. The largest absolute Gasteiger partial charge is 0.466 e. The van der Waals surface area contributed by atoms with Gasteiger partial charge in [-0.2, -0.15) is 4.63 Å². The molecule has 36 heavy (non-hydrogen) atoms. The molecule has 0 radical (unpaired) electrons. The van der Waals surface area contributed by atoms with E-state index >= 15 is 0 Å². The highest BCUT2D eigenvalue weighted by atomic mass is 16.5. The number of carbonyl (C=O) groups excluding carboxylic acids is 2. The minimum atomic E-state index is -0.225. The van der Waals surface area contributed by atoms with Crippen LogP contribution in [0.3, 0.4) is 0 Å². The number of ether oxygens (including phenoxy) is 1. The number of esters is 1. The van der Waals surface area contributed by atoms with Crippen molar-refractivity contribution < 1.29 is 14.3 Å². The summed E-state index contributed by atoms with van der Waals surface area (Å²) in [5.41, 5.74) is 3.23. The highest BCUT2D eigenvalue weighted by Crippen LogP contribution is 2.21. The second kappa shape index (κ2) is 15.1. The van der Waals surface area contributed by atoms with Crippen LogP contribution in [-0.2, 0) is 14.3 Å². The number of H-pyrrole nitrogens is 1. The van der Waals surface area contributed by atoms with E-state index in [0.29, 0.717) is 24.5 Å². The summed E-state index contributed by atoms with van der Waals surface area (Å²) in [7, 11) is 0. The first-order chi connectivity index (χ1) is 17.5. The molecule has 1 amide bonds. The van der Waals surface area contributed by atoms with E-state index in [1.807, 2.05) is 37.3 Å². The Morgan fingerprint density at radius 2 is 1.67 bits per heavy atom. The van der Waals surface area contributed by atoms with Crippen molar-refractivity contribution >= 4 is 23.2 Å². The molecule has 0 aliphatic carbocycles. The van der Waals surface area contributed by atoms with Gasteiger partial charge in [-0.25, -0.2) is 4.98 Å². The van der Waals surface area contributed by atoms with Gasteiger partial charge in [-0.3, -0.25) is 14.7 Å². The van der Waals surface area contributed by atoms with Crippen molar-refractivity contribution in [2.75, 3.05) is 11.9 Å². The number of nitrogens with zero attached hydrogens (tertiary/aromatic N) is 3. The lowest BCUT2D eigenvalue weighted by Crippen LogP contribution is -2.13. The van der Waals surface area contributed by atoms with Gasteiger partial charge in [0, 0.05) is 35.9 Å². The topological polar surface area (TPSA) is 101 Å². The molecule has 0 atom stereocenters. The van der Waals surface area contributed by atoms with Crippen LogP contribution in [0.15, 0.2) is 30.3 Å². The molecular formula is C28H41N5O3. The fraction of sp³-hybridized carbons (Fsp3) is 0.571. The highest BCUT2D eigenvalue weighted by molar-refractivity contribution is 5.91. The van der Waals surface area contributed by atoms with E-state index in [4.69, 9.17) is 4.74 Å². The molecule has 0 aliphatic rings. The number of fused-ring (bicyclic) bond motifs is 1. The number of nitrogens with one attached hydrogen (secondary N) is 2. The average Bonchev–Trinajstić information content (AvgIpc) is 3.40. The molecule has 8 heteroatoms. The van der Waals surface area contributed by atoms with Crippen molar-refractivity contribution in [3.8, 4) is 11.4 Å². The van der Waals surface area contributed by atoms with E-state index in [0.717, 1.165) is 29.7 Å². The Balaban J connectivity index is 1.25. The van der Waals surface area contributed by atoms with Crippen LogP contribution in [0.2, 0.25) is 0 Å². The maximum absolute atomic E-state index is 12.3. The zero-order chi connectivity index (χ0) is 25.6. The lowest BCUT2D eigenvalue weighted by atomic mass is 10.1. The zero-order valence-corrected chi connectivity index (χ0v) is 21.9. The Kier molecular flexibility index (Phi) is 11.5. The number of unbranched alkanes of at least 4 members (excludes halogenated alkanes) is 9. The van der Waals surface area contributed by atoms with Crippen LogP contribution in [0.4, 0.5) is 5.69 Å². The summed E-state index contributed by atoms with van der Waals surface area (Å²) < 4.78 is 6.95. The molecule has 2 aromatic heterocycles. The standard InChI is InChI=1S/C28H41N5O3/c1-3-4-5-6-7-8-9-10-11-12-19-36-27(35)18-14-17-26(34)29-24-16-13-15-23(21-24)28-30-25-20-22(2)31-33(25)32-28/h13,15-16,20-21,31H,3-12,14,17-19H2,1-2H3,(H,29,34). The maximum atomic E-state index is 12.3. The first-order valence-electron chi connectivity index (χ1n) is 13.5. The SMILES string of the molecule is CCCCCCCCCCCCOC(=O)CCCC(=O)Nc1cccc(-c2nc3cc(C)[nH]n3n2)c1. The number of benzene rings is 1. The predicted octanol–water partition coefficient (Wildman–Crippen LogP) is 6.61. The first-order valence-corrected chi connectivity index (χ1v) is 13.5. The summed E-state index contributed by atoms with van der Waals surface area (Å²) in [6.07, 6.45) is 13.5. The fourth-order valence-electron chi connectivity index (χ4n) is 4.22. The predicted molar refractivity (Wildman–Crippen MR) is 143 cm³/mol. The Morgan fingerprint density at radius 3 is 2.39 bits per heavy atom. The van der Waals surface area contributed by atoms with Crippen molar-refractivity contribution in [1.82, 2.24) is 19.8 Å². The molecule has 196 valence electrons. The van der Waals surface area contributed by atoms with Gasteiger partial charge in [-0.05, 0) is 31.9 Å². The number of anilines is 1. The summed E-state index contributed by atoms with van der Waals surface area (Å²) in [6, 6.07) is 9.36. The summed E-state index contributed by atoms with van der Waals surface area (Å²) in [5, 5.41) is 10.4. The van der Waals surface area contributed by atoms with Gasteiger partial charge in [0.2, 0.25) is 5.91 Å². The first kappa shape index (κ1) is 27.4. The molecule has 0 bridgehead atoms. The van der Waals surface area contributed by atoms with Crippen molar-refractivity contribution in [3.05, 3.63) is 36.0 Å². The van der Waals surface area contributed by atoms with Crippen LogP contribution in [0.1, 0.15) is 96.1 Å². The Bertz CT molecular complexity index is 1060. The van der Waals surface area contributed by atoms with E-state index in [1.54, 1.807) is 4.63 Å². The Labute approximate surface area is 214 Å². The van der Waals surface area contributed by atoms with E-state index < -0.39 is 0 Å². The third-order valence-corrected chi connectivity index (χ3v) is 6.21. The van der Waals surface area contributed by atoms with Crippen molar-refractivity contribution in [2.45, 2.75) is 97.3 Å². The van der Waals surface area contributed by atoms with Crippen molar-refractivity contribution in [3.63, 3.8) is 0 Å². The number of aryl methyl sites for hydroxylation is 1. The Hall–Kier alpha value is -3.16. The van der Waals surface area contributed by atoms with E-state index in [9.17, 15) is 9.59 Å². The third-order valence-electron chi connectivity index (χ3n) is 6.21. The minimum absolute atomic E-state index is 0.129. The minimum Gasteiger partial charge on any atom is -0.466 e. The number of carbonyl (C=O) groups is 2. The van der Waals surface area contributed by atoms with Gasteiger partial charge >= 0.3 is 5.97 Å². The Morgan fingerprint density at radius 1 is 0.944 bits per heavy atom. The monoisotopic (exact) mass is 495 g/mol. The van der Waals surface area contributed by atoms with Crippen LogP contribution in [0, 0.1) is 6.92 Å². The third kappa shape index (κ3) is 9.47. The summed E-state index contributed by atoms with van der Waals surface area (Å²) >= 11 is 0. The molecule has 3 rings (SSSR count). The number of rotatable bonds is 17. The van der Waals surface area contributed by atoms with E-state index in [-0.39, 0.29) is 24.7 Å². The summed E-state index contributed by atoms with van der Waals surface area (Å²) in [6.45, 7) is 4.67. The van der Waals surface area contributed by atoms with Gasteiger partial charge in [0.1, 0.15) is 0 Å². The van der Waals surface area contributed by atoms with Gasteiger partial charge in [0.15, 0.2) is 11.5 Å². The van der Waals surface area contributed by atoms with Crippen LogP contribution < -0.4 is 5.32 Å². The van der Waals surface area contributed by atoms with E-state index in [2.05, 4.69) is 27.4 Å². The normalized spacial score (nSPS) is 11.2. The number of aromatic nitrogens is 4. The number of hydrogen-bond acceptors (Lipinski definition) is 5. The zero-order valence-electron chi connectivity index (χ0n) is 21.9. The second-order valence-corrected chi connectivity index (χ2v) is 9.53. The van der Waals surface area contributed by atoms with Crippen molar-refractivity contribution in [2.24, 2.45) is 0 Å². The number of amides is 1. The average molecular weight is 496 g/mol. The molecule has 1 aromatic carbocycles. The van der Waals surface area contributed by atoms with Crippen molar-refractivity contribution in [1.29, 1.82) is 0 Å². The molecule has 2 heterocycles. The van der Waals surface area contributed by atoms with Gasteiger partial charge in [-0.1, -0.05) is 76.8 Å². The van der Waals surface area contributed by atoms with Gasteiger partial charge < -0.3 is 10.1 Å². The molecule has 0 fully saturated rings. The maximum Gasteiger partial charge on any atom is 0.305 e. The van der Waals surface area contributed by atoms with Crippen LogP contribution >= 0.6 is 0 Å². The highest BCUT2D eigenvalue weighted by Gasteiger charge is 2.11. The van der Waals surface area contributed by atoms with Gasteiger partial charge in [0.05, 0.1) is 6.61 Å². The van der Waals surface area contributed by atoms with Crippen LogP contribution in [0.25, 0.3) is 17.0 Å². The smallest absolute Gasteiger partial charge is 0.305 e. The van der Waals surface area contributed by atoms with Crippen LogP contribution in [-0.4, -0.2) is 38.3 Å². The number of aromatic amines is 1. The molecule has 0 saturated heterocycles. The molecule has 0 saturated carbocycles. The molecule has 0 aliphatic heterocycles. The molecule has 0 spiro atoms. The molecule has 8 nitrogen and oxygen atoms in total. The lowest BCUT2D eigenvalue weighted by molar-refractivity contribution is -0.143. The van der Waals surface area contributed by atoms with Gasteiger partial charge in [-0.15, -0.1) is 5.10 Å². The second-order valence-electron chi connectivity index (χ2n) is 9.53. The molecule has 0 unspecified atom stereocenters. The summed E-state index contributed by atoms with van der Waals surface area (Å²) in [5.74, 6) is 0.232.